The predicted molar refractivity (Wildman–Crippen MR) is 132 cm³/mol. The maximum Gasteiger partial charge on any atom is 0.325 e. The molecule has 3 heterocycles. The highest BCUT2D eigenvalue weighted by molar-refractivity contribution is 6.11. The van der Waals surface area contributed by atoms with Gasteiger partial charge in [0, 0.05) is 28.7 Å². The Bertz CT molecular complexity index is 1420. The van der Waals surface area contributed by atoms with E-state index in [1.54, 1.807) is 6.07 Å². The number of carbonyl (C=O) groups is 3. The lowest BCUT2D eigenvalue weighted by Crippen LogP contribution is -2.44. The summed E-state index contributed by atoms with van der Waals surface area (Å²) < 4.78 is 12.9. The van der Waals surface area contributed by atoms with Crippen LogP contribution < -0.4 is 14.8 Å². The monoisotopic (exact) mass is 485 g/mol. The van der Waals surface area contributed by atoms with Crippen LogP contribution >= 0.6 is 0 Å². The first-order valence-electron chi connectivity index (χ1n) is 12.2. The van der Waals surface area contributed by atoms with Gasteiger partial charge in [-0.25, -0.2) is 4.79 Å². The van der Waals surface area contributed by atoms with Crippen LogP contribution in [0.4, 0.5) is 4.79 Å². The quantitative estimate of drug-likeness (QED) is 0.442. The zero-order chi connectivity index (χ0) is 25.0. The Hall–Kier alpha value is -4.07. The number of aromatic nitrogens is 1. The summed E-state index contributed by atoms with van der Waals surface area (Å²) in [5, 5.41) is 2.96. The molecule has 2 aliphatic heterocycles. The molecule has 1 aliphatic carbocycles. The normalized spacial score (nSPS) is 20.4. The first-order chi connectivity index (χ1) is 17.4. The van der Waals surface area contributed by atoms with Gasteiger partial charge in [-0.15, -0.1) is 0 Å². The molecule has 1 aromatic heterocycles. The number of hydrogen-bond donors (Lipinski definition) is 1. The maximum atomic E-state index is 13.7. The largest absolute Gasteiger partial charge is 0.454 e. The Morgan fingerprint density at radius 2 is 1.83 bits per heavy atom. The van der Waals surface area contributed by atoms with Gasteiger partial charge in [0.25, 0.3) is 5.91 Å². The number of benzene rings is 2. The van der Waals surface area contributed by atoms with E-state index in [9.17, 15) is 14.4 Å². The minimum absolute atomic E-state index is 0.185. The summed E-state index contributed by atoms with van der Waals surface area (Å²) in [6.07, 6.45) is 3.16. The summed E-state index contributed by atoms with van der Waals surface area (Å²) in [5.41, 5.74) is 3.73. The van der Waals surface area contributed by atoms with Gasteiger partial charge in [-0.05, 0) is 68.9 Å². The number of ketones is 1. The Labute approximate surface area is 208 Å². The molecule has 6 rings (SSSR count). The number of urea groups is 1. The molecule has 0 saturated carbocycles. The standard InChI is InChI=1S/C28H27N3O5/c1-17-13-21(18(2)31(17)20-10-11-24-25(14-20)36-16-35-24)23(32)15-30-26(33)28(29-27(30)34)12-6-5-8-19-7-3-4-9-22(19)28/h3-4,7,9-11,13-14H,5-6,8,12,15-16H2,1-2H3,(H,29,34)/t28-/m1/s1. The van der Waals surface area contributed by atoms with Crippen molar-refractivity contribution in [3.05, 3.63) is 76.6 Å². The molecule has 184 valence electrons. The number of hydrogen-bond acceptors (Lipinski definition) is 5. The number of rotatable bonds is 4. The number of nitrogens with zero attached hydrogens (tertiary/aromatic N) is 2. The number of fused-ring (bicyclic) bond motifs is 3. The zero-order valence-electron chi connectivity index (χ0n) is 20.3. The lowest BCUT2D eigenvalue weighted by atomic mass is 9.84. The van der Waals surface area contributed by atoms with Crippen molar-refractivity contribution in [2.45, 2.75) is 45.1 Å². The number of imide groups is 1. The molecule has 1 N–H and O–H groups in total. The van der Waals surface area contributed by atoms with E-state index in [4.69, 9.17) is 9.47 Å². The van der Waals surface area contributed by atoms with Crippen LogP contribution in [-0.4, -0.2) is 40.5 Å². The van der Waals surface area contributed by atoms with Crippen LogP contribution in [0, 0.1) is 13.8 Å². The van der Waals surface area contributed by atoms with Crippen molar-refractivity contribution in [2.24, 2.45) is 0 Å². The Kier molecular flexibility index (Phi) is 5.14. The molecule has 2 aromatic carbocycles. The number of amides is 3. The molecule has 0 radical (unpaired) electrons. The number of carbonyl (C=O) groups excluding carboxylic acids is 3. The summed E-state index contributed by atoms with van der Waals surface area (Å²) in [7, 11) is 0. The van der Waals surface area contributed by atoms with Crippen LogP contribution in [0.3, 0.4) is 0 Å². The van der Waals surface area contributed by atoms with E-state index in [2.05, 4.69) is 5.32 Å². The van der Waals surface area contributed by atoms with E-state index in [0.717, 1.165) is 52.4 Å². The van der Waals surface area contributed by atoms with Gasteiger partial charge in [0.1, 0.15) is 5.54 Å². The molecule has 1 spiro atoms. The minimum atomic E-state index is -1.10. The van der Waals surface area contributed by atoms with Crippen molar-refractivity contribution >= 4 is 17.7 Å². The fourth-order valence-corrected chi connectivity index (χ4v) is 5.81. The molecule has 8 heteroatoms. The second-order valence-electron chi connectivity index (χ2n) is 9.67. The summed E-state index contributed by atoms with van der Waals surface area (Å²) in [5.74, 6) is 0.712. The SMILES string of the molecule is Cc1cc(C(=O)CN2C(=O)N[C@@]3(CCCCc4ccccc43)C2=O)c(C)n1-c1ccc2c(c1)OCO2. The Morgan fingerprint density at radius 1 is 1.03 bits per heavy atom. The number of ether oxygens (including phenoxy) is 2. The van der Waals surface area contributed by atoms with Crippen molar-refractivity contribution in [3.8, 4) is 17.2 Å². The third-order valence-electron chi connectivity index (χ3n) is 7.55. The molecule has 8 nitrogen and oxygen atoms in total. The highest BCUT2D eigenvalue weighted by atomic mass is 16.7. The number of aryl methyl sites for hydroxylation is 2. The van der Waals surface area contributed by atoms with E-state index < -0.39 is 11.6 Å². The maximum absolute atomic E-state index is 13.7. The molecule has 1 atom stereocenters. The molecular formula is C28H27N3O5. The van der Waals surface area contributed by atoms with Crippen molar-refractivity contribution < 1.29 is 23.9 Å². The van der Waals surface area contributed by atoms with Gasteiger partial charge in [0.2, 0.25) is 6.79 Å². The molecule has 1 fully saturated rings. The van der Waals surface area contributed by atoms with Gasteiger partial charge in [-0.1, -0.05) is 24.3 Å². The first kappa shape index (κ1) is 22.4. The van der Waals surface area contributed by atoms with Gasteiger partial charge in [-0.2, -0.15) is 0 Å². The molecule has 0 unspecified atom stereocenters. The zero-order valence-corrected chi connectivity index (χ0v) is 20.3. The minimum Gasteiger partial charge on any atom is -0.454 e. The van der Waals surface area contributed by atoms with Crippen molar-refractivity contribution in [1.82, 2.24) is 14.8 Å². The van der Waals surface area contributed by atoms with E-state index in [1.807, 2.05) is 60.9 Å². The van der Waals surface area contributed by atoms with E-state index in [0.29, 0.717) is 23.5 Å². The second kappa shape index (κ2) is 8.26. The molecule has 1 saturated heterocycles. The Balaban J connectivity index is 1.29. The number of Topliss-reactive ketones (excluding diaryl/α,β-unsaturated/α-hetero) is 1. The Morgan fingerprint density at radius 3 is 2.69 bits per heavy atom. The average molecular weight is 486 g/mol. The van der Waals surface area contributed by atoms with Crippen LogP contribution in [-0.2, 0) is 16.8 Å². The number of nitrogens with one attached hydrogen (secondary N) is 1. The topological polar surface area (TPSA) is 89.9 Å². The van der Waals surface area contributed by atoms with Gasteiger partial charge >= 0.3 is 6.03 Å². The highest BCUT2D eigenvalue weighted by Gasteiger charge is 2.53. The van der Waals surface area contributed by atoms with Crippen LogP contribution in [0.15, 0.2) is 48.5 Å². The molecule has 36 heavy (non-hydrogen) atoms. The molecule has 3 aliphatic rings. The second-order valence-corrected chi connectivity index (χ2v) is 9.67. The van der Waals surface area contributed by atoms with Crippen LogP contribution in [0.5, 0.6) is 11.5 Å². The fraction of sp³-hybridized carbons (Fsp3) is 0.321. The summed E-state index contributed by atoms with van der Waals surface area (Å²) in [4.78, 5) is 41.3. The van der Waals surface area contributed by atoms with Crippen LogP contribution in [0.2, 0.25) is 0 Å². The predicted octanol–water partition coefficient (Wildman–Crippen LogP) is 4.18. The van der Waals surface area contributed by atoms with Gasteiger partial charge in [0.05, 0.1) is 6.54 Å². The third-order valence-corrected chi connectivity index (χ3v) is 7.55. The van der Waals surface area contributed by atoms with Gasteiger partial charge < -0.3 is 19.4 Å². The smallest absolute Gasteiger partial charge is 0.325 e. The van der Waals surface area contributed by atoms with Gasteiger partial charge in [0.15, 0.2) is 17.3 Å². The summed E-state index contributed by atoms with van der Waals surface area (Å²) in [6, 6.07) is 14.7. The summed E-state index contributed by atoms with van der Waals surface area (Å²) in [6.45, 7) is 3.66. The van der Waals surface area contributed by atoms with E-state index >= 15 is 0 Å². The van der Waals surface area contributed by atoms with Gasteiger partial charge in [-0.3, -0.25) is 14.5 Å². The van der Waals surface area contributed by atoms with E-state index in [1.165, 1.54) is 0 Å². The fourth-order valence-electron chi connectivity index (χ4n) is 5.81. The van der Waals surface area contributed by atoms with Crippen LogP contribution in [0.25, 0.3) is 5.69 Å². The van der Waals surface area contributed by atoms with Crippen LogP contribution in [0.1, 0.15) is 52.1 Å². The molecular weight excluding hydrogens is 458 g/mol. The first-order valence-corrected chi connectivity index (χ1v) is 12.2. The lowest BCUT2D eigenvalue weighted by molar-refractivity contribution is -0.131. The van der Waals surface area contributed by atoms with Crippen molar-refractivity contribution in [2.75, 3.05) is 13.3 Å². The summed E-state index contributed by atoms with van der Waals surface area (Å²) >= 11 is 0. The lowest BCUT2D eigenvalue weighted by Gasteiger charge is -2.27. The highest BCUT2D eigenvalue weighted by Crippen LogP contribution is 2.39. The molecule has 0 bridgehead atoms. The van der Waals surface area contributed by atoms with Crippen molar-refractivity contribution in [3.63, 3.8) is 0 Å². The van der Waals surface area contributed by atoms with E-state index in [-0.39, 0.29) is 25.0 Å². The molecule has 3 amide bonds. The third kappa shape index (κ3) is 3.31. The van der Waals surface area contributed by atoms with Crippen molar-refractivity contribution in [1.29, 1.82) is 0 Å². The molecule has 3 aromatic rings. The average Bonchev–Trinajstić information content (AvgIpc) is 3.48.